The molecule has 0 saturated heterocycles. The maximum atomic E-state index is 13.4. The largest absolute Gasteiger partial charge is 0.323 e. The predicted molar refractivity (Wildman–Crippen MR) is 134 cm³/mol. The van der Waals surface area contributed by atoms with Crippen LogP contribution in [0.1, 0.15) is 11.1 Å². The van der Waals surface area contributed by atoms with Crippen LogP contribution >= 0.6 is 23.1 Å². The third-order valence-electron chi connectivity index (χ3n) is 5.91. The summed E-state index contributed by atoms with van der Waals surface area (Å²) in [6.45, 7) is 0.391. The molecule has 0 N–H and O–H groups in total. The van der Waals surface area contributed by atoms with E-state index in [4.69, 9.17) is 4.98 Å². The zero-order valence-corrected chi connectivity index (χ0v) is 19.7. The number of hydrogen-bond acceptors (Lipinski definition) is 6. The maximum Gasteiger partial charge on any atom is 0.291 e. The minimum Gasteiger partial charge on any atom is -0.323 e. The lowest BCUT2D eigenvalue weighted by atomic mass is 10.1. The van der Waals surface area contributed by atoms with Crippen LogP contribution in [0.3, 0.4) is 0 Å². The van der Waals surface area contributed by atoms with Crippen molar-refractivity contribution >= 4 is 55.3 Å². The summed E-state index contributed by atoms with van der Waals surface area (Å²) in [5.41, 5.74) is 4.67. The highest BCUT2D eigenvalue weighted by Gasteiger charge is 2.19. The van der Waals surface area contributed by atoms with Crippen molar-refractivity contribution in [2.75, 3.05) is 0 Å². The summed E-state index contributed by atoms with van der Waals surface area (Å²) in [6, 6.07) is 16.4. The number of rotatable bonds is 5. The van der Waals surface area contributed by atoms with Gasteiger partial charge in [-0.05, 0) is 17.2 Å². The molecule has 2 aromatic carbocycles. The normalized spacial score (nSPS) is 11.8. The van der Waals surface area contributed by atoms with E-state index in [1.165, 1.54) is 10.2 Å². The van der Waals surface area contributed by atoms with Crippen molar-refractivity contribution in [3.8, 4) is 0 Å². The van der Waals surface area contributed by atoms with E-state index in [-0.39, 0.29) is 5.56 Å². The van der Waals surface area contributed by atoms with Gasteiger partial charge in [-0.1, -0.05) is 54.2 Å². The van der Waals surface area contributed by atoms with Crippen LogP contribution in [-0.2, 0) is 26.4 Å². The quantitative estimate of drug-likeness (QED) is 0.344. The van der Waals surface area contributed by atoms with Crippen LogP contribution in [0.2, 0.25) is 0 Å². The first kappa shape index (κ1) is 20.2. The van der Waals surface area contributed by atoms with Gasteiger partial charge in [0.25, 0.3) is 5.56 Å². The van der Waals surface area contributed by atoms with E-state index in [1.807, 2.05) is 65.9 Å². The fourth-order valence-electron chi connectivity index (χ4n) is 4.20. The third kappa shape index (κ3) is 3.35. The zero-order valence-electron chi connectivity index (χ0n) is 18.1. The minimum absolute atomic E-state index is 0.111. The van der Waals surface area contributed by atoms with Crippen LogP contribution in [0.15, 0.2) is 70.1 Å². The summed E-state index contributed by atoms with van der Waals surface area (Å²) in [6.07, 6.45) is 3.64. The Morgan fingerprint density at radius 2 is 1.79 bits per heavy atom. The summed E-state index contributed by atoms with van der Waals surface area (Å²) in [5.74, 6) is 0.865. The van der Waals surface area contributed by atoms with Crippen LogP contribution in [0.4, 0.5) is 0 Å². The lowest BCUT2D eigenvalue weighted by molar-refractivity contribution is 0.647. The van der Waals surface area contributed by atoms with Crippen molar-refractivity contribution in [3.05, 3.63) is 82.4 Å². The van der Waals surface area contributed by atoms with Gasteiger partial charge in [-0.25, -0.2) is 9.67 Å². The van der Waals surface area contributed by atoms with Gasteiger partial charge in [-0.3, -0.25) is 9.48 Å². The first-order chi connectivity index (χ1) is 16.1. The molecule has 0 aliphatic heterocycles. The second-order valence-corrected chi connectivity index (χ2v) is 10.2. The fraction of sp³-hybridized carbons (Fsp3) is 0.167. The molecule has 0 atom stereocenters. The summed E-state index contributed by atoms with van der Waals surface area (Å²) in [5, 5.41) is 10.8. The van der Waals surface area contributed by atoms with E-state index in [1.54, 1.807) is 29.3 Å². The van der Waals surface area contributed by atoms with E-state index >= 15 is 0 Å². The van der Waals surface area contributed by atoms with Crippen LogP contribution in [0.5, 0.6) is 0 Å². The molecule has 0 radical (unpaired) electrons. The molecule has 0 spiro atoms. The summed E-state index contributed by atoms with van der Waals surface area (Å²) < 4.78 is 7.27. The number of thiazole rings is 1. The molecule has 0 saturated carbocycles. The van der Waals surface area contributed by atoms with E-state index in [0.717, 1.165) is 42.3 Å². The number of thioether (sulfide) groups is 1. The van der Waals surface area contributed by atoms with Crippen molar-refractivity contribution in [2.45, 2.75) is 16.6 Å². The van der Waals surface area contributed by atoms with E-state index in [2.05, 4.69) is 22.3 Å². The van der Waals surface area contributed by atoms with E-state index in [0.29, 0.717) is 12.1 Å². The highest BCUT2D eigenvalue weighted by atomic mass is 32.2. The van der Waals surface area contributed by atoms with Crippen molar-refractivity contribution in [1.29, 1.82) is 0 Å². The van der Waals surface area contributed by atoms with Crippen molar-refractivity contribution in [2.24, 2.45) is 14.1 Å². The van der Waals surface area contributed by atoms with Crippen LogP contribution in [-0.4, -0.2) is 29.1 Å². The molecule has 6 rings (SSSR count). The van der Waals surface area contributed by atoms with Gasteiger partial charge in [-0.15, -0.1) is 11.3 Å². The number of aromatic nitrogens is 6. The average molecular weight is 473 g/mol. The Kier molecular flexibility index (Phi) is 4.81. The second kappa shape index (κ2) is 7.86. The van der Waals surface area contributed by atoms with Crippen LogP contribution < -0.4 is 5.56 Å². The van der Waals surface area contributed by atoms with Gasteiger partial charge in [-0.2, -0.15) is 10.2 Å². The van der Waals surface area contributed by atoms with E-state index in [9.17, 15) is 4.79 Å². The molecule has 0 amide bonds. The highest BCUT2D eigenvalue weighted by molar-refractivity contribution is 8.00. The van der Waals surface area contributed by atoms with Gasteiger partial charge in [0.2, 0.25) is 0 Å². The minimum atomic E-state index is -0.111. The van der Waals surface area contributed by atoms with Gasteiger partial charge >= 0.3 is 0 Å². The molecule has 0 aliphatic carbocycles. The molecule has 164 valence electrons. The Morgan fingerprint density at radius 3 is 2.64 bits per heavy atom. The summed E-state index contributed by atoms with van der Waals surface area (Å²) >= 11 is 3.34. The third-order valence-corrected chi connectivity index (χ3v) is 8.21. The molecule has 0 fully saturated rings. The van der Waals surface area contributed by atoms with Gasteiger partial charge in [0.15, 0.2) is 9.99 Å². The summed E-state index contributed by atoms with van der Waals surface area (Å²) in [4.78, 5) is 18.2. The molecule has 0 unspecified atom stereocenters. The predicted octanol–water partition coefficient (Wildman–Crippen LogP) is 4.57. The molecule has 0 bridgehead atoms. The standard InChI is InChI=1S/C24H20N6OS2/c1-28-20-18(21-22(28)27-24(33-21)32-14-15-7-4-3-5-8-15)12-26-30(23(20)31)13-16-9-6-10-19-17(16)11-25-29(19)2/h3-12H,13-14H2,1-2H3. The fourth-order valence-corrected chi connectivity index (χ4v) is 6.34. The molecule has 0 aliphatic rings. The lowest BCUT2D eigenvalue weighted by Gasteiger charge is -2.07. The highest BCUT2D eigenvalue weighted by Crippen LogP contribution is 2.36. The van der Waals surface area contributed by atoms with E-state index < -0.39 is 0 Å². The van der Waals surface area contributed by atoms with Gasteiger partial charge < -0.3 is 4.57 Å². The molecule has 4 aromatic heterocycles. The Balaban J connectivity index is 1.37. The topological polar surface area (TPSA) is 70.5 Å². The molecule has 33 heavy (non-hydrogen) atoms. The van der Waals surface area contributed by atoms with Crippen LogP contribution in [0.25, 0.3) is 32.2 Å². The molecule has 7 nitrogen and oxygen atoms in total. The number of fused-ring (bicyclic) bond motifs is 4. The van der Waals surface area contributed by atoms with Crippen molar-refractivity contribution < 1.29 is 0 Å². The monoisotopic (exact) mass is 472 g/mol. The Labute approximate surface area is 197 Å². The SMILES string of the molecule is Cn1ncc2c(Cn3ncc4c5sc(SCc6ccccc6)nc5n(C)c4c3=O)cccc21. The zero-order chi connectivity index (χ0) is 22.5. The maximum absolute atomic E-state index is 13.4. The number of nitrogens with zero attached hydrogens (tertiary/aromatic N) is 6. The second-order valence-electron chi connectivity index (χ2n) is 7.95. The number of hydrogen-bond donors (Lipinski definition) is 0. The molecule has 6 aromatic rings. The van der Waals surface area contributed by atoms with Gasteiger partial charge in [0, 0.05) is 30.6 Å². The molecular weight excluding hydrogens is 452 g/mol. The Hall–Kier alpha value is -3.43. The first-order valence-electron chi connectivity index (χ1n) is 10.5. The van der Waals surface area contributed by atoms with Crippen LogP contribution in [0, 0.1) is 0 Å². The lowest BCUT2D eigenvalue weighted by Crippen LogP contribution is -2.24. The number of benzene rings is 2. The molecule has 9 heteroatoms. The Bertz CT molecular complexity index is 1690. The summed E-state index contributed by atoms with van der Waals surface area (Å²) in [7, 11) is 3.82. The van der Waals surface area contributed by atoms with Crippen molar-refractivity contribution in [3.63, 3.8) is 0 Å². The number of aryl methyl sites for hydroxylation is 2. The van der Waals surface area contributed by atoms with Crippen molar-refractivity contribution in [1.82, 2.24) is 29.1 Å². The first-order valence-corrected chi connectivity index (χ1v) is 12.3. The average Bonchev–Trinajstić information content (AvgIpc) is 3.50. The Morgan fingerprint density at radius 1 is 0.970 bits per heavy atom. The van der Waals surface area contributed by atoms with Gasteiger partial charge in [0.1, 0.15) is 5.52 Å². The van der Waals surface area contributed by atoms with Gasteiger partial charge in [0.05, 0.1) is 29.2 Å². The smallest absolute Gasteiger partial charge is 0.291 e. The molecule has 4 heterocycles. The molecular formula is C24H20N6OS2.